The monoisotopic (exact) mass is 360 g/mol. The minimum Gasteiger partial charge on any atom is -0.465 e. The maximum atomic E-state index is 11.6. The van der Waals surface area contributed by atoms with Gasteiger partial charge in [-0.25, -0.2) is 4.79 Å². The molecule has 0 spiro atoms. The smallest absolute Gasteiger partial charge is 0.337 e. The first-order valence-electron chi connectivity index (χ1n) is 8.51. The van der Waals surface area contributed by atoms with Gasteiger partial charge in [0.2, 0.25) is 0 Å². The summed E-state index contributed by atoms with van der Waals surface area (Å²) in [6.45, 7) is 7.34. The van der Waals surface area contributed by atoms with Crippen molar-refractivity contribution in [1.82, 2.24) is 0 Å². The van der Waals surface area contributed by atoms with Crippen molar-refractivity contribution < 1.29 is 19.1 Å². The predicted molar refractivity (Wildman–Crippen MR) is 106 cm³/mol. The van der Waals surface area contributed by atoms with Crippen molar-refractivity contribution >= 4 is 29.3 Å². The van der Waals surface area contributed by atoms with Crippen LogP contribution in [-0.4, -0.2) is 19.0 Å². The number of benzene rings is 2. The Balaban J connectivity index is 2.13. The van der Waals surface area contributed by atoms with E-state index in [1.54, 1.807) is 12.1 Å². The third-order valence-electron chi connectivity index (χ3n) is 4.27. The first-order chi connectivity index (χ1) is 12.9. The number of fused-ring (bicyclic) bond motifs is 1. The summed E-state index contributed by atoms with van der Waals surface area (Å²) in [5.41, 5.74) is 5.79. The van der Waals surface area contributed by atoms with Gasteiger partial charge < -0.3 is 9.47 Å². The summed E-state index contributed by atoms with van der Waals surface area (Å²) in [4.78, 5) is 23.2. The van der Waals surface area contributed by atoms with E-state index >= 15 is 0 Å². The summed E-state index contributed by atoms with van der Waals surface area (Å²) < 4.78 is 10.3. The summed E-state index contributed by atoms with van der Waals surface area (Å²) in [7, 11) is 1.36. The highest BCUT2D eigenvalue weighted by Crippen LogP contribution is 2.45. The molecule has 27 heavy (non-hydrogen) atoms. The molecular weight excluding hydrogens is 340 g/mol. The van der Waals surface area contributed by atoms with Crippen molar-refractivity contribution in [3.63, 3.8) is 0 Å². The highest BCUT2D eigenvalue weighted by atomic mass is 16.5. The SMILES string of the molecule is C=C(C)C1=C(OC(C)=O)c2ccccc2C1=Cc1ccc(C(=O)OC)cc1. The van der Waals surface area contributed by atoms with Crippen molar-refractivity contribution in [1.29, 1.82) is 0 Å². The highest BCUT2D eigenvalue weighted by Gasteiger charge is 2.29. The molecule has 0 amide bonds. The lowest BCUT2D eigenvalue weighted by Gasteiger charge is -2.09. The number of esters is 2. The predicted octanol–water partition coefficient (Wildman–Crippen LogP) is 4.88. The molecule has 0 bridgehead atoms. The van der Waals surface area contributed by atoms with Gasteiger partial charge in [-0.05, 0) is 47.4 Å². The van der Waals surface area contributed by atoms with Crippen LogP contribution in [0.25, 0.3) is 17.4 Å². The Labute approximate surface area is 158 Å². The lowest BCUT2D eigenvalue weighted by molar-refractivity contribution is -0.134. The van der Waals surface area contributed by atoms with Crippen LogP contribution in [0, 0.1) is 0 Å². The van der Waals surface area contributed by atoms with Crippen LogP contribution in [0.15, 0.2) is 66.3 Å². The topological polar surface area (TPSA) is 52.6 Å². The number of carbonyl (C=O) groups is 2. The second-order valence-corrected chi connectivity index (χ2v) is 6.30. The van der Waals surface area contributed by atoms with Crippen LogP contribution in [0.2, 0.25) is 0 Å². The average Bonchev–Trinajstić information content (AvgIpc) is 2.95. The molecule has 0 saturated carbocycles. The zero-order chi connectivity index (χ0) is 19.6. The molecule has 2 aromatic carbocycles. The molecule has 4 nitrogen and oxygen atoms in total. The maximum Gasteiger partial charge on any atom is 0.337 e. The first kappa shape index (κ1) is 18.4. The lowest BCUT2D eigenvalue weighted by atomic mass is 9.96. The van der Waals surface area contributed by atoms with Crippen LogP contribution >= 0.6 is 0 Å². The van der Waals surface area contributed by atoms with E-state index in [1.165, 1.54) is 14.0 Å². The summed E-state index contributed by atoms with van der Waals surface area (Å²) in [5, 5.41) is 0. The van der Waals surface area contributed by atoms with E-state index in [9.17, 15) is 9.59 Å². The fourth-order valence-electron chi connectivity index (χ4n) is 3.13. The van der Waals surface area contributed by atoms with Crippen molar-refractivity contribution in [3.05, 3.63) is 88.5 Å². The third-order valence-corrected chi connectivity index (χ3v) is 4.27. The van der Waals surface area contributed by atoms with Gasteiger partial charge in [0.25, 0.3) is 0 Å². The molecule has 2 aromatic rings. The molecule has 1 aliphatic rings. The number of hydrogen-bond acceptors (Lipinski definition) is 4. The van der Waals surface area contributed by atoms with Crippen LogP contribution in [0.1, 0.15) is 40.9 Å². The van der Waals surface area contributed by atoms with Gasteiger partial charge in [-0.3, -0.25) is 4.79 Å². The molecular formula is C23H20O4. The number of allylic oxidation sites excluding steroid dienone is 3. The van der Waals surface area contributed by atoms with Gasteiger partial charge >= 0.3 is 11.9 Å². The number of hydrogen-bond donors (Lipinski definition) is 0. The second kappa shape index (κ2) is 7.46. The minimum absolute atomic E-state index is 0.373. The van der Waals surface area contributed by atoms with Gasteiger partial charge in [0.15, 0.2) is 0 Å². The standard InChI is InChI=1S/C23H20O4/c1-14(2)21-20(13-16-9-11-17(12-10-16)23(25)26-4)18-7-5-6-8-19(18)22(21)27-15(3)24/h5-13H,1H2,2-4H3. The van der Waals surface area contributed by atoms with Crippen LogP contribution in [-0.2, 0) is 14.3 Å². The van der Waals surface area contributed by atoms with Gasteiger partial charge in [-0.15, -0.1) is 0 Å². The molecule has 0 fully saturated rings. The van der Waals surface area contributed by atoms with Crippen LogP contribution in [0.5, 0.6) is 0 Å². The summed E-state index contributed by atoms with van der Waals surface area (Å²) >= 11 is 0. The van der Waals surface area contributed by atoms with Crippen LogP contribution in [0.4, 0.5) is 0 Å². The molecule has 0 radical (unpaired) electrons. The fourth-order valence-corrected chi connectivity index (χ4v) is 3.13. The van der Waals surface area contributed by atoms with E-state index in [4.69, 9.17) is 9.47 Å². The number of carbonyl (C=O) groups excluding carboxylic acids is 2. The fraction of sp³-hybridized carbons (Fsp3) is 0.130. The van der Waals surface area contributed by atoms with Gasteiger partial charge in [-0.1, -0.05) is 43.0 Å². The van der Waals surface area contributed by atoms with E-state index in [2.05, 4.69) is 6.58 Å². The van der Waals surface area contributed by atoms with Crippen molar-refractivity contribution in [2.75, 3.05) is 7.11 Å². The lowest BCUT2D eigenvalue weighted by Crippen LogP contribution is -2.00. The van der Waals surface area contributed by atoms with Gasteiger partial charge in [0.05, 0.1) is 12.7 Å². The molecule has 4 heteroatoms. The molecule has 0 unspecified atom stereocenters. The summed E-state index contributed by atoms with van der Waals surface area (Å²) in [5.74, 6) is -0.217. The Morgan fingerprint density at radius 2 is 1.59 bits per heavy atom. The molecule has 0 N–H and O–H groups in total. The molecule has 136 valence electrons. The molecule has 3 rings (SSSR count). The summed E-state index contributed by atoms with van der Waals surface area (Å²) in [6.07, 6.45) is 2.00. The van der Waals surface area contributed by atoms with E-state index in [-0.39, 0.29) is 11.9 Å². The minimum atomic E-state index is -0.375. The van der Waals surface area contributed by atoms with E-state index in [1.807, 2.05) is 49.4 Å². The van der Waals surface area contributed by atoms with Crippen molar-refractivity contribution in [3.8, 4) is 0 Å². The zero-order valence-corrected chi connectivity index (χ0v) is 15.5. The molecule has 0 aliphatic heterocycles. The Morgan fingerprint density at radius 3 is 2.15 bits per heavy atom. The first-order valence-corrected chi connectivity index (χ1v) is 8.51. The van der Waals surface area contributed by atoms with Crippen molar-refractivity contribution in [2.45, 2.75) is 13.8 Å². The Hall–Kier alpha value is -3.40. The molecule has 0 aromatic heterocycles. The normalized spacial score (nSPS) is 14.1. The second-order valence-electron chi connectivity index (χ2n) is 6.30. The van der Waals surface area contributed by atoms with E-state index in [0.717, 1.165) is 33.4 Å². The highest BCUT2D eigenvalue weighted by molar-refractivity contribution is 6.07. The maximum absolute atomic E-state index is 11.6. The Bertz CT molecular complexity index is 991. The zero-order valence-electron chi connectivity index (χ0n) is 15.5. The van der Waals surface area contributed by atoms with Crippen LogP contribution < -0.4 is 0 Å². The third kappa shape index (κ3) is 3.60. The largest absolute Gasteiger partial charge is 0.465 e. The van der Waals surface area contributed by atoms with Crippen molar-refractivity contribution in [2.24, 2.45) is 0 Å². The number of methoxy groups -OCH3 is 1. The molecule has 0 saturated heterocycles. The quantitative estimate of drug-likeness (QED) is 0.730. The molecule has 0 atom stereocenters. The van der Waals surface area contributed by atoms with Gasteiger partial charge in [-0.2, -0.15) is 0 Å². The average molecular weight is 360 g/mol. The van der Waals surface area contributed by atoms with Crippen LogP contribution in [0.3, 0.4) is 0 Å². The number of rotatable bonds is 4. The molecule has 1 aliphatic carbocycles. The van der Waals surface area contributed by atoms with Gasteiger partial charge in [0.1, 0.15) is 5.76 Å². The Kier molecular flexibility index (Phi) is 5.08. The van der Waals surface area contributed by atoms with E-state index < -0.39 is 0 Å². The summed E-state index contributed by atoms with van der Waals surface area (Å²) in [6, 6.07) is 14.9. The van der Waals surface area contributed by atoms with Gasteiger partial charge in [0, 0.05) is 18.1 Å². The van der Waals surface area contributed by atoms with E-state index in [0.29, 0.717) is 11.3 Å². The number of ether oxygens (including phenoxy) is 2. The Morgan fingerprint density at radius 1 is 0.963 bits per heavy atom. The molecule has 0 heterocycles.